The number of hydrogen-bond donors (Lipinski definition) is 2. The van der Waals surface area contributed by atoms with Gasteiger partial charge in [0.25, 0.3) is 5.91 Å². The molecule has 1 aromatic carbocycles. The van der Waals surface area contributed by atoms with Crippen molar-refractivity contribution in [1.29, 1.82) is 0 Å². The lowest BCUT2D eigenvalue weighted by Gasteiger charge is -2.09. The number of anilines is 1. The molecule has 1 amide bonds. The van der Waals surface area contributed by atoms with Crippen molar-refractivity contribution in [3.8, 4) is 0 Å². The van der Waals surface area contributed by atoms with Gasteiger partial charge >= 0.3 is 5.97 Å². The summed E-state index contributed by atoms with van der Waals surface area (Å²) >= 11 is 0. The minimum atomic E-state index is -1.07. The second-order valence-electron chi connectivity index (χ2n) is 5.55. The van der Waals surface area contributed by atoms with Crippen LogP contribution in [-0.4, -0.2) is 40.5 Å². The number of benzene rings is 1. The van der Waals surface area contributed by atoms with Gasteiger partial charge in [0.05, 0.1) is 35.8 Å². The lowest BCUT2D eigenvalue weighted by atomic mass is 10.0. The predicted octanol–water partition coefficient (Wildman–Crippen LogP) is 2.41. The third-order valence-electron chi connectivity index (χ3n) is 3.86. The van der Waals surface area contributed by atoms with Gasteiger partial charge in [-0.3, -0.25) is 9.48 Å². The standard InChI is InChI=1S/C17H21N3O4/c1-10-5-6-13(17(22)23)9-14(10)16(21)18-15-11(2)19-20(12(15)3)7-8-24-4/h5-6,9H,7-8H2,1-4H3,(H,18,21)(H,22,23). The van der Waals surface area contributed by atoms with E-state index >= 15 is 0 Å². The summed E-state index contributed by atoms with van der Waals surface area (Å²) in [5, 5.41) is 16.3. The molecule has 1 aromatic heterocycles. The van der Waals surface area contributed by atoms with Crippen LogP contribution in [0.1, 0.15) is 37.7 Å². The maximum Gasteiger partial charge on any atom is 0.335 e. The lowest BCUT2D eigenvalue weighted by molar-refractivity contribution is 0.0697. The predicted molar refractivity (Wildman–Crippen MR) is 89.7 cm³/mol. The van der Waals surface area contributed by atoms with Crippen molar-refractivity contribution in [1.82, 2.24) is 9.78 Å². The number of methoxy groups -OCH3 is 1. The number of hydrogen-bond acceptors (Lipinski definition) is 4. The van der Waals surface area contributed by atoms with Crippen molar-refractivity contribution in [2.75, 3.05) is 19.0 Å². The first-order chi connectivity index (χ1) is 11.3. The Labute approximate surface area is 140 Å². The molecule has 0 saturated heterocycles. The molecule has 0 fully saturated rings. The maximum atomic E-state index is 12.6. The number of nitrogens with one attached hydrogen (secondary N) is 1. The first-order valence-corrected chi connectivity index (χ1v) is 7.53. The van der Waals surface area contributed by atoms with Crippen LogP contribution in [0, 0.1) is 20.8 Å². The van der Waals surface area contributed by atoms with E-state index in [1.54, 1.807) is 24.8 Å². The number of carboxylic acids is 1. The van der Waals surface area contributed by atoms with Crippen molar-refractivity contribution >= 4 is 17.6 Å². The van der Waals surface area contributed by atoms with Crippen LogP contribution in [0.3, 0.4) is 0 Å². The van der Waals surface area contributed by atoms with Crippen molar-refractivity contribution in [2.45, 2.75) is 27.3 Å². The van der Waals surface area contributed by atoms with Gasteiger partial charge in [0.1, 0.15) is 0 Å². The Morgan fingerprint density at radius 2 is 2.00 bits per heavy atom. The van der Waals surface area contributed by atoms with E-state index in [9.17, 15) is 9.59 Å². The molecule has 0 unspecified atom stereocenters. The molecule has 0 aliphatic rings. The minimum Gasteiger partial charge on any atom is -0.478 e. The summed E-state index contributed by atoms with van der Waals surface area (Å²) in [7, 11) is 1.62. The molecule has 24 heavy (non-hydrogen) atoms. The van der Waals surface area contributed by atoms with Gasteiger partial charge in [-0.15, -0.1) is 0 Å². The van der Waals surface area contributed by atoms with Crippen LogP contribution in [0.4, 0.5) is 5.69 Å². The molecule has 1 heterocycles. The summed E-state index contributed by atoms with van der Waals surface area (Å²) in [6.45, 7) is 6.56. The van der Waals surface area contributed by atoms with Crippen molar-refractivity contribution in [3.05, 3.63) is 46.3 Å². The first kappa shape index (κ1) is 17.7. The molecule has 7 nitrogen and oxygen atoms in total. The molecule has 0 atom stereocenters. The second kappa shape index (κ2) is 7.27. The Hall–Kier alpha value is -2.67. The number of aromatic nitrogens is 2. The highest BCUT2D eigenvalue weighted by Crippen LogP contribution is 2.21. The van der Waals surface area contributed by atoms with Crippen molar-refractivity contribution < 1.29 is 19.4 Å². The summed E-state index contributed by atoms with van der Waals surface area (Å²) in [4.78, 5) is 23.7. The van der Waals surface area contributed by atoms with E-state index in [1.807, 2.05) is 13.8 Å². The third-order valence-corrected chi connectivity index (χ3v) is 3.86. The number of carboxylic acid groups (broad SMARTS) is 1. The molecule has 0 spiro atoms. The average Bonchev–Trinajstić information content (AvgIpc) is 2.80. The Morgan fingerprint density at radius 3 is 2.62 bits per heavy atom. The lowest BCUT2D eigenvalue weighted by Crippen LogP contribution is -2.16. The van der Waals surface area contributed by atoms with Crippen molar-refractivity contribution in [2.24, 2.45) is 0 Å². The second-order valence-corrected chi connectivity index (χ2v) is 5.55. The SMILES string of the molecule is COCCn1nc(C)c(NC(=O)c2cc(C(=O)O)ccc2C)c1C. The number of amides is 1. The molecular formula is C17H21N3O4. The summed E-state index contributed by atoms with van der Waals surface area (Å²) in [6.07, 6.45) is 0. The fraction of sp³-hybridized carbons (Fsp3) is 0.353. The average molecular weight is 331 g/mol. The molecule has 2 rings (SSSR count). The highest BCUT2D eigenvalue weighted by Gasteiger charge is 2.17. The Morgan fingerprint density at radius 1 is 1.29 bits per heavy atom. The topological polar surface area (TPSA) is 93.5 Å². The number of carbonyl (C=O) groups is 2. The highest BCUT2D eigenvalue weighted by molar-refractivity contribution is 6.07. The van der Waals surface area contributed by atoms with Crippen LogP contribution in [-0.2, 0) is 11.3 Å². The van der Waals surface area contributed by atoms with E-state index in [0.29, 0.717) is 35.7 Å². The largest absolute Gasteiger partial charge is 0.478 e. The molecule has 0 aliphatic carbocycles. The Kier molecular flexibility index (Phi) is 5.35. The van der Waals surface area contributed by atoms with Gasteiger partial charge in [-0.1, -0.05) is 6.07 Å². The smallest absolute Gasteiger partial charge is 0.335 e. The molecule has 2 N–H and O–H groups in total. The van der Waals surface area contributed by atoms with E-state index in [1.165, 1.54) is 12.1 Å². The van der Waals surface area contributed by atoms with Crippen LogP contribution in [0.5, 0.6) is 0 Å². The van der Waals surface area contributed by atoms with Gasteiger partial charge in [0.15, 0.2) is 0 Å². The van der Waals surface area contributed by atoms with Crippen molar-refractivity contribution in [3.63, 3.8) is 0 Å². The summed E-state index contributed by atoms with van der Waals surface area (Å²) in [5.41, 5.74) is 3.28. The molecular weight excluding hydrogens is 310 g/mol. The Balaban J connectivity index is 2.29. The summed E-state index contributed by atoms with van der Waals surface area (Å²) < 4.78 is 6.82. The van der Waals surface area contributed by atoms with Crippen LogP contribution in [0.2, 0.25) is 0 Å². The van der Waals surface area contributed by atoms with Gasteiger partial charge in [-0.05, 0) is 38.5 Å². The monoisotopic (exact) mass is 331 g/mol. The molecule has 128 valence electrons. The first-order valence-electron chi connectivity index (χ1n) is 7.53. The van der Waals surface area contributed by atoms with Gasteiger partial charge in [0, 0.05) is 12.7 Å². The number of nitrogens with zero attached hydrogens (tertiary/aromatic N) is 2. The van der Waals surface area contributed by atoms with E-state index in [0.717, 1.165) is 5.69 Å². The van der Waals surface area contributed by atoms with E-state index in [2.05, 4.69) is 10.4 Å². The number of ether oxygens (including phenoxy) is 1. The molecule has 0 aliphatic heterocycles. The zero-order chi connectivity index (χ0) is 17.9. The minimum absolute atomic E-state index is 0.0787. The van der Waals surface area contributed by atoms with E-state index < -0.39 is 5.97 Å². The van der Waals surface area contributed by atoms with E-state index in [4.69, 9.17) is 9.84 Å². The van der Waals surface area contributed by atoms with Crippen LogP contribution < -0.4 is 5.32 Å². The van der Waals surface area contributed by atoms with Gasteiger partial charge in [-0.25, -0.2) is 4.79 Å². The van der Waals surface area contributed by atoms with Gasteiger partial charge in [0.2, 0.25) is 0 Å². The number of aryl methyl sites for hydroxylation is 2. The quantitative estimate of drug-likeness (QED) is 0.848. The molecule has 0 saturated carbocycles. The fourth-order valence-electron chi connectivity index (χ4n) is 2.45. The summed E-state index contributed by atoms with van der Waals surface area (Å²) in [6, 6.07) is 4.49. The van der Waals surface area contributed by atoms with Gasteiger partial charge < -0.3 is 15.2 Å². The molecule has 0 bridgehead atoms. The maximum absolute atomic E-state index is 12.6. The number of rotatable bonds is 6. The zero-order valence-electron chi connectivity index (χ0n) is 14.2. The summed E-state index contributed by atoms with van der Waals surface area (Å²) in [5.74, 6) is -1.42. The third kappa shape index (κ3) is 3.62. The normalized spacial score (nSPS) is 10.7. The van der Waals surface area contributed by atoms with Crippen LogP contribution >= 0.6 is 0 Å². The molecule has 0 radical (unpaired) electrons. The van der Waals surface area contributed by atoms with E-state index in [-0.39, 0.29) is 11.5 Å². The number of carbonyl (C=O) groups excluding carboxylic acids is 1. The van der Waals surface area contributed by atoms with Crippen LogP contribution in [0.25, 0.3) is 0 Å². The molecule has 2 aromatic rings. The van der Waals surface area contributed by atoms with Gasteiger partial charge in [-0.2, -0.15) is 5.10 Å². The molecule has 7 heteroatoms. The van der Waals surface area contributed by atoms with Crippen LogP contribution in [0.15, 0.2) is 18.2 Å². The fourth-order valence-corrected chi connectivity index (χ4v) is 2.45. The Bertz CT molecular complexity index is 780. The highest BCUT2D eigenvalue weighted by atomic mass is 16.5. The number of aromatic carboxylic acids is 1. The zero-order valence-corrected chi connectivity index (χ0v) is 14.2.